The minimum absolute atomic E-state index is 0.0627. The normalized spacial score (nSPS) is 20.6. The number of aryl methyl sites for hydroxylation is 1. The van der Waals surface area contributed by atoms with Crippen LogP contribution < -0.4 is 0 Å². The molecule has 104 valence electrons. The van der Waals surface area contributed by atoms with Gasteiger partial charge in [0.05, 0.1) is 10.8 Å². The number of carbonyl (C=O) groups is 1. The van der Waals surface area contributed by atoms with Crippen molar-refractivity contribution in [1.82, 2.24) is 4.31 Å². The second-order valence-corrected chi connectivity index (χ2v) is 6.62. The van der Waals surface area contributed by atoms with E-state index in [4.69, 9.17) is 5.11 Å². The van der Waals surface area contributed by atoms with E-state index in [2.05, 4.69) is 0 Å². The summed E-state index contributed by atoms with van der Waals surface area (Å²) in [5, 5.41) is 8.91. The number of benzene rings is 1. The molecule has 1 fully saturated rings. The molecule has 19 heavy (non-hydrogen) atoms. The van der Waals surface area contributed by atoms with Crippen molar-refractivity contribution in [2.45, 2.75) is 24.7 Å². The SMILES string of the molecule is CCc1ccc(S(=O)(=O)N2CC[C@@H](C(=O)O)C2)cc1. The maximum absolute atomic E-state index is 12.3. The van der Waals surface area contributed by atoms with Crippen LogP contribution in [0.4, 0.5) is 0 Å². The number of rotatable bonds is 4. The monoisotopic (exact) mass is 283 g/mol. The van der Waals surface area contributed by atoms with Crippen molar-refractivity contribution in [3.8, 4) is 0 Å². The fourth-order valence-electron chi connectivity index (χ4n) is 2.19. The molecule has 1 aliphatic rings. The van der Waals surface area contributed by atoms with Crippen LogP contribution in [0.1, 0.15) is 18.9 Å². The van der Waals surface area contributed by atoms with E-state index >= 15 is 0 Å². The molecule has 1 saturated heterocycles. The minimum atomic E-state index is -3.56. The summed E-state index contributed by atoms with van der Waals surface area (Å²) in [6.45, 7) is 2.34. The van der Waals surface area contributed by atoms with Crippen molar-refractivity contribution in [3.05, 3.63) is 29.8 Å². The lowest BCUT2D eigenvalue weighted by atomic mass is 10.1. The van der Waals surface area contributed by atoms with Gasteiger partial charge in [0.1, 0.15) is 0 Å². The quantitative estimate of drug-likeness (QED) is 0.905. The highest BCUT2D eigenvalue weighted by atomic mass is 32.2. The zero-order valence-electron chi connectivity index (χ0n) is 10.7. The van der Waals surface area contributed by atoms with Crippen molar-refractivity contribution in [2.24, 2.45) is 5.92 Å². The van der Waals surface area contributed by atoms with Crippen LogP contribution in [0.2, 0.25) is 0 Å². The van der Waals surface area contributed by atoms with E-state index in [0.717, 1.165) is 12.0 Å². The van der Waals surface area contributed by atoms with E-state index < -0.39 is 21.9 Å². The largest absolute Gasteiger partial charge is 0.481 e. The van der Waals surface area contributed by atoms with Gasteiger partial charge >= 0.3 is 5.97 Å². The molecule has 1 atom stereocenters. The summed E-state index contributed by atoms with van der Waals surface area (Å²) in [7, 11) is -3.56. The van der Waals surface area contributed by atoms with Gasteiger partial charge in [0, 0.05) is 13.1 Å². The van der Waals surface area contributed by atoms with E-state index in [0.29, 0.717) is 6.42 Å². The van der Waals surface area contributed by atoms with Crippen LogP contribution in [0, 0.1) is 5.92 Å². The van der Waals surface area contributed by atoms with Crippen molar-refractivity contribution >= 4 is 16.0 Å². The van der Waals surface area contributed by atoms with E-state index in [1.54, 1.807) is 24.3 Å². The zero-order chi connectivity index (χ0) is 14.0. The summed E-state index contributed by atoms with van der Waals surface area (Å²) in [6.07, 6.45) is 1.23. The Bertz CT molecular complexity index is 565. The van der Waals surface area contributed by atoms with Crippen molar-refractivity contribution in [2.75, 3.05) is 13.1 Å². The molecule has 1 aliphatic heterocycles. The highest BCUT2D eigenvalue weighted by Gasteiger charge is 2.35. The van der Waals surface area contributed by atoms with Crippen LogP contribution in [0.25, 0.3) is 0 Å². The summed E-state index contributed by atoms with van der Waals surface area (Å²) in [5.41, 5.74) is 1.07. The number of hydrogen-bond donors (Lipinski definition) is 1. The van der Waals surface area contributed by atoms with Gasteiger partial charge in [-0.2, -0.15) is 4.31 Å². The second-order valence-electron chi connectivity index (χ2n) is 4.68. The Kier molecular flexibility index (Phi) is 3.91. The molecule has 0 saturated carbocycles. The van der Waals surface area contributed by atoms with Gasteiger partial charge < -0.3 is 5.11 Å². The summed E-state index contributed by atoms with van der Waals surface area (Å²) in [6, 6.07) is 6.75. The highest BCUT2D eigenvalue weighted by molar-refractivity contribution is 7.89. The fraction of sp³-hybridized carbons (Fsp3) is 0.462. The fourth-order valence-corrected chi connectivity index (χ4v) is 3.69. The first-order valence-electron chi connectivity index (χ1n) is 6.27. The molecule has 0 unspecified atom stereocenters. The van der Waals surface area contributed by atoms with E-state index in [9.17, 15) is 13.2 Å². The van der Waals surface area contributed by atoms with Gasteiger partial charge in [-0.15, -0.1) is 0 Å². The first kappa shape index (κ1) is 14.0. The molecule has 1 aromatic rings. The highest BCUT2D eigenvalue weighted by Crippen LogP contribution is 2.24. The van der Waals surface area contributed by atoms with Crippen molar-refractivity contribution in [3.63, 3.8) is 0 Å². The molecule has 0 amide bonds. The van der Waals surface area contributed by atoms with Gasteiger partial charge in [-0.25, -0.2) is 8.42 Å². The van der Waals surface area contributed by atoms with E-state index in [1.165, 1.54) is 4.31 Å². The number of sulfonamides is 1. The van der Waals surface area contributed by atoms with Gasteiger partial charge in [0.15, 0.2) is 0 Å². The third-order valence-corrected chi connectivity index (χ3v) is 5.35. The summed E-state index contributed by atoms with van der Waals surface area (Å²) >= 11 is 0. The lowest BCUT2D eigenvalue weighted by Gasteiger charge is -2.16. The van der Waals surface area contributed by atoms with Crippen molar-refractivity contribution < 1.29 is 18.3 Å². The van der Waals surface area contributed by atoms with Gasteiger partial charge in [0.25, 0.3) is 0 Å². The predicted octanol–water partition coefficient (Wildman–Crippen LogP) is 1.34. The maximum Gasteiger partial charge on any atom is 0.307 e. The molecular weight excluding hydrogens is 266 g/mol. The first-order valence-corrected chi connectivity index (χ1v) is 7.71. The molecule has 0 spiro atoms. The lowest BCUT2D eigenvalue weighted by Crippen LogP contribution is -2.30. The number of carboxylic acid groups (broad SMARTS) is 1. The van der Waals surface area contributed by atoms with Crippen LogP contribution in [-0.2, 0) is 21.2 Å². The van der Waals surface area contributed by atoms with Crippen LogP contribution in [0.5, 0.6) is 0 Å². The Morgan fingerprint density at radius 3 is 2.47 bits per heavy atom. The average molecular weight is 283 g/mol. The Hall–Kier alpha value is -1.40. The number of carboxylic acids is 1. The molecule has 2 rings (SSSR count). The maximum atomic E-state index is 12.3. The standard InChI is InChI=1S/C13H17NO4S/c1-2-10-3-5-12(6-4-10)19(17,18)14-8-7-11(9-14)13(15)16/h3-6,11H,2,7-9H2,1H3,(H,15,16)/t11-/m1/s1. The molecule has 5 nitrogen and oxygen atoms in total. The van der Waals surface area contributed by atoms with Gasteiger partial charge in [0.2, 0.25) is 10.0 Å². The predicted molar refractivity (Wildman–Crippen MR) is 70.3 cm³/mol. The Balaban J connectivity index is 2.20. The number of aliphatic carboxylic acids is 1. The van der Waals surface area contributed by atoms with Gasteiger partial charge in [-0.05, 0) is 30.5 Å². The molecule has 1 heterocycles. The minimum Gasteiger partial charge on any atom is -0.481 e. The summed E-state index contributed by atoms with van der Waals surface area (Å²) < 4.78 is 25.9. The number of nitrogens with zero attached hydrogens (tertiary/aromatic N) is 1. The molecule has 0 bridgehead atoms. The topological polar surface area (TPSA) is 74.7 Å². The van der Waals surface area contributed by atoms with Crippen LogP contribution >= 0.6 is 0 Å². The summed E-state index contributed by atoms with van der Waals surface area (Å²) in [4.78, 5) is 11.1. The molecule has 0 radical (unpaired) electrons. The van der Waals surface area contributed by atoms with Gasteiger partial charge in [-0.3, -0.25) is 4.79 Å². The van der Waals surface area contributed by atoms with Crippen LogP contribution in [-0.4, -0.2) is 36.9 Å². The molecule has 0 aliphatic carbocycles. The smallest absolute Gasteiger partial charge is 0.307 e. The molecule has 6 heteroatoms. The second kappa shape index (κ2) is 5.30. The zero-order valence-corrected chi connectivity index (χ0v) is 11.6. The molecule has 0 aromatic heterocycles. The molecular formula is C13H17NO4S. The third kappa shape index (κ3) is 2.79. The average Bonchev–Trinajstić information content (AvgIpc) is 2.89. The lowest BCUT2D eigenvalue weighted by molar-refractivity contribution is -0.141. The third-order valence-electron chi connectivity index (χ3n) is 3.47. The van der Waals surface area contributed by atoms with Gasteiger partial charge in [-0.1, -0.05) is 19.1 Å². The Labute approximate surface area is 112 Å². The van der Waals surface area contributed by atoms with Crippen LogP contribution in [0.3, 0.4) is 0 Å². The van der Waals surface area contributed by atoms with E-state index in [-0.39, 0.29) is 18.0 Å². The first-order chi connectivity index (χ1) is 8.95. The Morgan fingerprint density at radius 1 is 1.37 bits per heavy atom. The number of hydrogen-bond acceptors (Lipinski definition) is 3. The van der Waals surface area contributed by atoms with Crippen molar-refractivity contribution in [1.29, 1.82) is 0 Å². The molecule has 1 N–H and O–H groups in total. The van der Waals surface area contributed by atoms with Crippen LogP contribution in [0.15, 0.2) is 29.2 Å². The Morgan fingerprint density at radius 2 is 2.00 bits per heavy atom. The van der Waals surface area contributed by atoms with E-state index in [1.807, 2.05) is 6.92 Å². The molecule has 1 aromatic carbocycles. The summed E-state index contributed by atoms with van der Waals surface area (Å²) in [5.74, 6) is -1.52.